The van der Waals surface area contributed by atoms with Gasteiger partial charge in [-0.3, -0.25) is 4.79 Å². The number of amides is 1. The molecule has 1 atom stereocenters. The van der Waals surface area contributed by atoms with Gasteiger partial charge in [0.1, 0.15) is 11.7 Å². The second-order valence-electron chi connectivity index (χ2n) is 7.47. The molecule has 1 amide bonds. The largest absolute Gasteiger partial charge is 0.477 e. The highest BCUT2D eigenvalue weighted by molar-refractivity contribution is 5.87. The maximum Gasteiger partial charge on any atom is 0.354 e. The van der Waals surface area contributed by atoms with Gasteiger partial charge in [-0.25, -0.2) is 9.48 Å². The molecule has 1 N–H and O–H groups in total. The summed E-state index contributed by atoms with van der Waals surface area (Å²) in [5.41, 5.74) is 0.0769. The summed E-state index contributed by atoms with van der Waals surface area (Å²) >= 11 is 0. The standard InChI is InChI=1S/C19H29N3O3/c1-14(22-17(19(24)25)12-13-20-22)18(23)21(15-8-4-2-5-9-15)16-10-6-3-7-11-16/h12-16H,2-11H2,1H3,(H,24,25). The predicted octanol–water partition coefficient (Wildman–Crippen LogP) is 3.64. The van der Waals surface area contributed by atoms with Crippen molar-refractivity contribution in [3.8, 4) is 0 Å². The fourth-order valence-corrected chi connectivity index (χ4v) is 4.49. The van der Waals surface area contributed by atoms with Crippen LogP contribution in [0, 0.1) is 0 Å². The number of hydrogen-bond donors (Lipinski definition) is 1. The van der Waals surface area contributed by atoms with Crippen molar-refractivity contribution in [3.63, 3.8) is 0 Å². The Labute approximate surface area is 149 Å². The quantitative estimate of drug-likeness (QED) is 0.882. The van der Waals surface area contributed by atoms with Crippen LogP contribution in [0.5, 0.6) is 0 Å². The summed E-state index contributed by atoms with van der Waals surface area (Å²) in [6.07, 6.45) is 12.9. The van der Waals surface area contributed by atoms with Crippen LogP contribution >= 0.6 is 0 Å². The van der Waals surface area contributed by atoms with Gasteiger partial charge in [-0.1, -0.05) is 38.5 Å². The fraction of sp³-hybridized carbons (Fsp3) is 0.737. The van der Waals surface area contributed by atoms with Crippen molar-refractivity contribution in [2.45, 2.75) is 89.3 Å². The minimum Gasteiger partial charge on any atom is -0.477 e. The van der Waals surface area contributed by atoms with E-state index in [-0.39, 0.29) is 11.6 Å². The summed E-state index contributed by atoms with van der Waals surface area (Å²) in [6.45, 7) is 1.78. The van der Waals surface area contributed by atoms with Gasteiger partial charge in [0.2, 0.25) is 5.91 Å². The van der Waals surface area contributed by atoms with E-state index in [1.54, 1.807) is 6.92 Å². The summed E-state index contributed by atoms with van der Waals surface area (Å²) in [4.78, 5) is 26.9. The summed E-state index contributed by atoms with van der Waals surface area (Å²) in [5.74, 6) is -1.01. The molecule has 0 saturated heterocycles. The molecule has 0 spiro atoms. The SMILES string of the molecule is CC(C(=O)N(C1CCCCC1)C1CCCCC1)n1nccc1C(=O)O. The first-order valence-electron chi connectivity index (χ1n) is 9.68. The Morgan fingerprint density at radius 1 is 1.08 bits per heavy atom. The van der Waals surface area contributed by atoms with Crippen LogP contribution in [0.15, 0.2) is 12.3 Å². The van der Waals surface area contributed by atoms with Crippen molar-refractivity contribution in [1.82, 2.24) is 14.7 Å². The van der Waals surface area contributed by atoms with Crippen molar-refractivity contribution >= 4 is 11.9 Å². The molecule has 0 bridgehead atoms. The van der Waals surface area contributed by atoms with E-state index in [4.69, 9.17) is 0 Å². The molecule has 2 saturated carbocycles. The molecule has 0 aliphatic heterocycles. The van der Waals surface area contributed by atoms with Gasteiger partial charge >= 0.3 is 5.97 Å². The molecule has 3 rings (SSSR count). The lowest BCUT2D eigenvalue weighted by Crippen LogP contribution is -2.51. The number of hydrogen-bond acceptors (Lipinski definition) is 3. The monoisotopic (exact) mass is 347 g/mol. The van der Waals surface area contributed by atoms with Gasteiger partial charge < -0.3 is 10.0 Å². The first kappa shape index (κ1) is 18.0. The number of carboxylic acid groups (broad SMARTS) is 1. The van der Waals surface area contributed by atoms with Crippen LogP contribution in [0.3, 0.4) is 0 Å². The van der Waals surface area contributed by atoms with Crippen LogP contribution in [-0.4, -0.2) is 43.7 Å². The van der Waals surface area contributed by atoms with E-state index in [9.17, 15) is 14.7 Å². The Hall–Kier alpha value is -1.85. The second-order valence-corrected chi connectivity index (χ2v) is 7.47. The van der Waals surface area contributed by atoms with E-state index >= 15 is 0 Å². The van der Waals surface area contributed by atoms with E-state index in [2.05, 4.69) is 10.00 Å². The lowest BCUT2D eigenvalue weighted by atomic mass is 9.88. The number of carbonyl (C=O) groups is 2. The molecular formula is C19H29N3O3. The second kappa shape index (κ2) is 8.02. The Kier molecular flexibility index (Phi) is 5.76. The zero-order valence-electron chi connectivity index (χ0n) is 15.1. The highest BCUT2D eigenvalue weighted by Gasteiger charge is 2.36. The predicted molar refractivity (Wildman–Crippen MR) is 94.5 cm³/mol. The Morgan fingerprint density at radius 2 is 1.60 bits per heavy atom. The number of nitrogens with zero attached hydrogens (tertiary/aromatic N) is 3. The van der Waals surface area contributed by atoms with Gasteiger partial charge in [-0.2, -0.15) is 5.10 Å². The van der Waals surface area contributed by atoms with Crippen LogP contribution in [0.2, 0.25) is 0 Å². The fourth-order valence-electron chi connectivity index (χ4n) is 4.49. The molecule has 2 aliphatic rings. The topological polar surface area (TPSA) is 75.4 Å². The van der Waals surface area contributed by atoms with Gasteiger partial charge in [0, 0.05) is 18.3 Å². The van der Waals surface area contributed by atoms with Crippen molar-refractivity contribution in [2.24, 2.45) is 0 Å². The van der Waals surface area contributed by atoms with Gasteiger partial charge in [0.15, 0.2) is 0 Å². The van der Waals surface area contributed by atoms with Crippen LogP contribution in [0.25, 0.3) is 0 Å². The van der Waals surface area contributed by atoms with Crippen LogP contribution < -0.4 is 0 Å². The minimum atomic E-state index is -1.04. The zero-order valence-corrected chi connectivity index (χ0v) is 15.1. The Balaban J connectivity index is 1.84. The molecule has 2 aliphatic carbocycles. The summed E-state index contributed by atoms with van der Waals surface area (Å²) in [5, 5.41) is 13.5. The van der Waals surface area contributed by atoms with Crippen molar-refractivity contribution < 1.29 is 14.7 Å². The first-order valence-corrected chi connectivity index (χ1v) is 9.68. The highest BCUT2D eigenvalue weighted by Crippen LogP contribution is 2.32. The van der Waals surface area contributed by atoms with Crippen LogP contribution in [-0.2, 0) is 4.79 Å². The maximum atomic E-state index is 13.4. The summed E-state index contributed by atoms with van der Waals surface area (Å²) in [7, 11) is 0. The highest BCUT2D eigenvalue weighted by atomic mass is 16.4. The molecule has 2 fully saturated rings. The smallest absolute Gasteiger partial charge is 0.354 e. The minimum absolute atomic E-state index is 0.0324. The van der Waals surface area contributed by atoms with E-state index in [1.807, 2.05) is 0 Å². The van der Waals surface area contributed by atoms with Gasteiger partial charge in [0.05, 0.1) is 0 Å². The Morgan fingerprint density at radius 3 is 2.08 bits per heavy atom. The molecule has 0 radical (unpaired) electrons. The molecule has 138 valence electrons. The lowest BCUT2D eigenvalue weighted by Gasteiger charge is -2.43. The third-order valence-electron chi connectivity index (χ3n) is 5.80. The maximum absolute atomic E-state index is 13.4. The average molecular weight is 347 g/mol. The number of carbonyl (C=O) groups excluding carboxylic acids is 1. The third-order valence-corrected chi connectivity index (χ3v) is 5.80. The van der Waals surface area contributed by atoms with E-state index in [0.717, 1.165) is 25.7 Å². The number of aromatic carboxylic acids is 1. The van der Waals surface area contributed by atoms with Crippen LogP contribution in [0.4, 0.5) is 0 Å². The molecule has 25 heavy (non-hydrogen) atoms. The molecule has 0 aromatic carbocycles. The van der Waals surface area contributed by atoms with Gasteiger partial charge in [0.25, 0.3) is 0 Å². The number of carboxylic acids is 1. The molecule has 6 nitrogen and oxygen atoms in total. The van der Waals surface area contributed by atoms with Crippen LogP contribution in [0.1, 0.15) is 87.7 Å². The Bertz CT molecular complexity index is 583. The number of rotatable bonds is 5. The third kappa shape index (κ3) is 3.88. The summed E-state index contributed by atoms with van der Waals surface area (Å²) in [6, 6.07) is 1.48. The normalized spacial score (nSPS) is 21.0. The summed E-state index contributed by atoms with van der Waals surface area (Å²) < 4.78 is 1.36. The van der Waals surface area contributed by atoms with Crippen molar-refractivity contribution in [2.75, 3.05) is 0 Å². The van der Waals surface area contributed by atoms with Crippen molar-refractivity contribution in [3.05, 3.63) is 18.0 Å². The number of aromatic nitrogens is 2. The zero-order chi connectivity index (χ0) is 17.8. The van der Waals surface area contributed by atoms with Crippen molar-refractivity contribution in [1.29, 1.82) is 0 Å². The lowest BCUT2D eigenvalue weighted by molar-refractivity contribution is -0.141. The molecule has 1 unspecified atom stereocenters. The molecule has 1 aromatic rings. The molecular weight excluding hydrogens is 318 g/mol. The van der Waals surface area contributed by atoms with Gasteiger partial charge in [-0.05, 0) is 38.7 Å². The van der Waals surface area contributed by atoms with Gasteiger partial charge in [-0.15, -0.1) is 0 Å². The van der Waals surface area contributed by atoms with E-state index in [0.29, 0.717) is 12.1 Å². The molecule has 1 aromatic heterocycles. The molecule has 6 heteroatoms. The molecule has 1 heterocycles. The van der Waals surface area contributed by atoms with E-state index < -0.39 is 12.0 Å². The average Bonchev–Trinajstić information content (AvgIpc) is 3.13. The first-order chi connectivity index (χ1) is 12.1. The van der Waals surface area contributed by atoms with E-state index in [1.165, 1.54) is 55.5 Å².